The second-order valence-corrected chi connectivity index (χ2v) is 8.26. The molecule has 5 heteroatoms. The van der Waals surface area contributed by atoms with Crippen molar-refractivity contribution < 1.29 is 4.79 Å². The minimum Gasteiger partial charge on any atom is -0.360 e. The highest BCUT2D eigenvalue weighted by molar-refractivity contribution is 7.08. The summed E-state index contributed by atoms with van der Waals surface area (Å²) >= 11 is 1.71. The predicted molar refractivity (Wildman–Crippen MR) is 106 cm³/mol. The van der Waals surface area contributed by atoms with Crippen LogP contribution in [-0.2, 0) is 10.2 Å². The first kappa shape index (κ1) is 16.5. The van der Waals surface area contributed by atoms with Crippen LogP contribution in [0.15, 0.2) is 29.0 Å². The third-order valence-corrected chi connectivity index (χ3v) is 6.04. The Labute approximate surface area is 153 Å². The van der Waals surface area contributed by atoms with Crippen LogP contribution >= 0.6 is 11.3 Å². The van der Waals surface area contributed by atoms with Crippen molar-refractivity contribution in [1.82, 2.24) is 0 Å². The number of thiophene rings is 1. The number of benzene rings is 1. The Balaban J connectivity index is 1.67. The van der Waals surface area contributed by atoms with Gasteiger partial charge in [-0.05, 0) is 54.8 Å². The number of hydrogen-bond donors (Lipinski definition) is 2. The first-order valence-corrected chi connectivity index (χ1v) is 10.0. The van der Waals surface area contributed by atoms with Gasteiger partial charge in [0.05, 0.1) is 22.5 Å². The lowest BCUT2D eigenvalue weighted by Crippen LogP contribution is -2.36. The highest BCUT2D eigenvalue weighted by Gasteiger charge is 2.44. The standard InChI is InChI=1S/C20H25N3OS/c1-4-5-6-8-23-17-11-16-15(10-14(17)20(2,3)19(23)24)21-18(22-16)13-7-9-25-12-13/h7,9-12,18,21-22H,4-6,8H2,1-3H3. The minimum absolute atomic E-state index is 0.108. The van der Waals surface area contributed by atoms with E-state index in [4.69, 9.17) is 0 Å². The van der Waals surface area contributed by atoms with Gasteiger partial charge in [-0.25, -0.2) is 0 Å². The van der Waals surface area contributed by atoms with E-state index >= 15 is 0 Å². The highest BCUT2D eigenvalue weighted by Crippen LogP contribution is 2.48. The fraction of sp³-hybridized carbons (Fsp3) is 0.450. The lowest BCUT2D eigenvalue weighted by Gasteiger charge is -2.20. The third kappa shape index (κ3) is 2.61. The Hall–Kier alpha value is -2.01. The van der Waals surface area contributed by atoms with Crippen molar-refractivity contribution >= 4 is 34.3 Å². The maximum absolute atomic E-state index is 12.9. The fourth-order valence-electron chi connectivity index (χ4n) is 3.81. The number of hydrogen-bond acceptors (Lipinski definition) is 4. The van der Waals surface area contributed by atoms with Crippen LogP contribution in [-0.4, -0.2) is 12.5 Å². The third-order valence-electron chi connectivity index (χ3n) is 5.34. The second kappa shape index (κ2) is 6.06. The van der Waals surface area contributed by atoms with E-state index in [1.807, 2.05) is 18.7 Å². The normalized spacial score (nSPS) is 20.2. The highest BCUT2D eigenvalue weighted by atomic mass is 32.1. The maximum Gasteiger partial charge on any atom is 0.237 e. The zero-order valence-corrected chi connectivity index (χ0v) is 15.9. The topological polar surface area (TPSA) is 44.4 Å². The second-order valence-electron chi connectivity index (χ2n) is 7.48. The van der Waals surface area contributed by atoms with Crippen LogP contribution in [0.2, 0.25) is 0 Å². The number of unbranched alkanes of at least 4 members (excludes halogenated alkanes) is 2. The Morgan fingerprint density at radius 2 is 1.96 bits per heavy atom. The first-order chi connectivity index (χ1) is 12.0. The number of nitrogens with zero attached hydrogens (tertiary/aromatic N) is 1. The van der Waals surface area contributed by atoms with Gasteiger partial charge in [0.2, 0.25) is 5.91 Å². The largest absolute Gasteiger partial charge is 0.360 e. The molecule has 0 fully saturated rings. The van der Waals surface area contributed by atoms with E-state index in [0.717, 1.165) is 48.4 Å². The molecule has 0 radical (unpaired) electrons. The molecule has 0 spiro atoms. The molecule has 2 aliphatic rings. The van der Waals surface area contributed by atoms with Crippen molar-refractivity contribution in [1.29, 1.82) is 0 Å². The summed E-state index contributed by atoms with van der Waals surface area (Å²) < 4.78 is 0. The summed E-state index contributed by atoms with van der Waals surface area (Å²) in [5.74, 6) is 0.219. The van der Waals surface area contributed by atoms with Gasteiger partial charge >= 0.3 is 0 Å². The van der Waals surface area contributed by atoms with Crippen molar-refractivity contribution in [3.05, 3.63) is 40.1 Å². The summed E-state index contributed by atoms with van der Waals surface area (Å²) in [6, 6.07) is 6.46. The smallest absolute Gasteiger partial charge is 0.237 e. The van der Waals surface area contributed by atoms with Gasteiger partial charge in [-0.2, -0.15) is 11.3 Å². The van der Waals surface area contributed by atoms with Crippen LogP contribution in [0.4, 0.5) is 17.1 Å². The Bertz CT molecular complexity index is 798. The van der Waals surface area contributed by atoms with Crippen LogP contribution in [0.5, 0.6) is 0 Å². The number of amides is 1. The van der Waals surface area contributed by atoms with Gasteiger partial charge in [0.15, 0.2) is 0 Å². The van der Waals surface area contributed by atoms with Crippen LogP contribution in [0, 0.1) is 0 Å². The van der Waals surface area contributed by atoms with Crippen molar-refractivity contribution in [3.8, 4) is 0 Å². The molecule has 0 aliphatic carbocycles. The molecule has 2 aliphatic heterocycles. The molecule has 1 aromatic carbocycles. The summed E-state index contributed by atoms with van der Waals surface area (Å²) in [7, 11) is 0. The molecule has 2 aromatic rings. The number of carbonyl (C=O) groups is 1. The molecule has 4 rings (SSSR count). The molecule has 4 nitrogen and oxygen atoms in total. The van der Waals surface area contributed by atoms with E-state index < -0.39 is 5.41 Å². The van der Waals surface area contributed by atoms with Crippen molar-refractivity contribution in [3.63, 3.8) is 0 Å². The fourth-order valence-corrected chi connectivity index (χ4v) is 4.49. The van der Waals surface area contributed by atoms with Crippen molar-refractivity contribution in [2.75, 3.05) is 22.1 Å². The molecule has 3 heterocycles. The zero-order valence-electron chi connectivity index (χ0n) is 15.1. The summed E-state index contributed by atoms with van der Waals surface area (Å²) in [6.45, 7) is 7.08. The van der Waals surface area contributed by atoms with Gasteiger partial charge < -0.3 is 15.5 Å². The lowest BCUT2D eigenvalue weighted by atomic mass is 9.86. The number of carbonyl (C=O) groups excluding carboxylic acids is 1. The van der Waals surface area contributed by atoms with Gasteiger partial charge in [0, 0.05) is 12.1 Å². The van der Waals surface area contributed by atoms with Crippen molar-refractivity contribution in [2.45, 2.75) is 51.6 Å². The number of anilines is 3. The predicted octanol–water partition coefficient (Wildman–Crippen LogP) is 5.10. The molecule has 132 valence electrons. The minimum atomic E-state index is -0.460. The molecule has 0 saturated carbocycles. The van der Waals surface area contributed by atoms with Gasteiger partial charge in [-0.15, -0.1) is 0 Å². The van der Waals surface area contributed by atoms with Gasteiger partial charge in [0.25, 0.3) is 0 Å². The molecule has 0 bridgehead atoms. The van der Waals surface area contributed by atoms with E-state index in [1.54, 1.807) is 11.3 Å². The Kier molecular flexibility index (Phi) is 3.99. The van der Waals surface area contributed by atoms with Crippen LogP contribution in [0.3, 0.4) is 0 Å². The quantitative estimate of drug-likeness (QED) is 0.734. The maximum atomic E-state index is 12.9. The molecule has 0 saturated heterocycles. The summed E-state index contributed by atoms with van der Waals surface area (Å²) in [4.78, 5) is 14.9. The number of rotatable bonds is 5. The molecule has 1 atom stereocenters. The molecule has 25 heavy (non-hydrogen) atoms. The number of nitrogens with one attached hydrogen (secondary N) is 2. The summed E-state index contributed by atoms with van der Waals surface area (Å²) in [5, 5.41) is 11.4. The average molecular weight is 356 g/mol. The van der Waals surface area contributed by atoms with E-state index in [1.165, 1.54) is 5.56 Å². The van der Waals surface area contributed by atoms with Gasteiger partial charge in [-0.1, -0.05) is 19.8 Å². The van der Waals surface area contributed by atoms with E-state index in [0.29, 0.717) is 0 Å². The van der Waals surface area contributed by atoms with Crippen LogP contribution < -0.4 is 15.5 Å². The first-order valence-electron chi connectivity index (χ1n) is 9.08. The molecular weight excluding hydrogens is 330 g/mol. The van der Waals surface area contributed by atoms with Gasteiger partial charge in [-0.3, -0.25) is 4.79 Å². The zero-order chi connectivity index (χ0) is 17.6. The average Bonchev–Trinajstić information content (AvgIpc) is 3.28. The van der Waals surface area contributed by atoms with E-state index in [2.05, 4.69) is 46.5 Å². The van der Waals surface area contributed by atoms with Gasteiger partial charge in [0.1, 0.15) is 6.17 Å². The molecule has 1 unspecified atom stereocenters. The van der Waals surface area contributed by atoms with Crippen LogP contribution in [0.1, 0.15) is 57.3 Å². The molecule has 1 aromatic heterocycles. The molecular formula is C20H25N3OS. The van der Waals surface area contributed by atoms with Crippen molar-refractivity contribution in [2.24, 2.45) is 0 Å². The van der Waals surface area contributed by atoms with E-state index in [-0.39, 0.29) is 12.1 Å². The monoisotopic (exact) mass is 355 g/mol. The number of fused-ring (bicyclic) bond motifs is 2. The molecule has 1 amide bonds. The summed E-state index contributed by atoms with van der Waals surface area (Å²) in [6.07, 6.45) is 3.48. The van der Waals surface area contributed by atoms with Crippen LogP contribution in [0.25, 0.3) is 0 Å². The summed E-state index contributed by atoms with van der Waals surface area (Å²) in [5.41, 5.74) is 5.17. The Morgan fingerprint density at radius 3 is 2.64 bits per heavy atom. The molecule has 2 N–H and O–H groups in total. The van der Waals surface area contributed by atoms with E-state index in [9.17, 15) is 4.79 Å². The lowest BCUT2D eigenvalue weighted by molar-refractivity contribution is -0.122. The SMILES string of the molecule is CCCCCN1C(=O)C(C)(C)c2cc3c(cc21)NC(c1ccsc1)N3. The Morgan fingerprint density at radius 1 is 1.20 bits per heavy atom.